The Bertz CT molecular complexity index is 573. The van der Waals surface area contributed by atoms with Crippen LogP contribution in [0.1, 0.15) is 18.4 Å². The molecule has 0 radical (unpaired) electrons. The lowest BCUT2D eigenvalue weighted by molar-refractivity contribution is -0.125. The van der Waals surface area contributed by atoms with Gasteiger partial charge in [0.1, 0.15) is 0 Å². The molecular weight excluding hydrogens is 228 g/mol. The molecule has 1 heterocycles. The van der Waals surface area contributed by atoms with Gasteiger partial charge in [0.25, 0.3) is 0 Å². The lowest BCUT2D eigenvalue weighted by Gasteiger charge is -2.16. The maximum atomic E-state index is 11.9. The van der Waals surface area contributed by atoms with Crippen LogP contribution in [0.25, 0.3) is 11.0 Å². The fourth-order valence-corrected chi connectivity index (χ4v) is 1.89. The topological polar surface area (TPSA) is 50.2 Å². The Balaban J connectivity index is 2.27. The zero-order valence-corrected chi connectivity index (χ0v) is 11.1. The Morgan fingerprint density at radius 2 is 2.17 bits per heavy atom. The zero-order chi connectivity index (χ0) is 13.3. The van der Waals surface area contributed by atoms with E-state index in [2.05, 4.69) is 10.4 Å². The van der Waals surface area contributed by atoms with Crippen molar-refractivity contribution in [3.05, 3.63) is 30.1 Å². The first-order valence-corrected chi connectivity index (χ1v) is 5.88. The summed E-state index contributed by atoms with van der Waals surface area (Å²) in [4.78, 5) is 16.2. The Hall–Kier alpha value is -1.88. The number of carbonyl (C=O) groups excluding carboxylic acids is 1. The van der Waals surface area contributed by atoms with Crippen LogP contribution >= 0.6 is 0 Å². The lowest BCUT2D eigenvalue weighted by Crippen LogP contribution is -2.38. The third kappa shape index (κ3) is 2.36. The van der Waals surface area contributed by atoms with Crippen LogP contribution in [-0.2, 0) is 11.8 Å². The number of amides is 1. The Morgan fingerprint density at radius 3 is 2.83 bits per heavy atom. The van der Waals surface area contributed by atoms with Crippen molar-refractivity contribution in [3.8, 4) is 0 Å². The van der Waals surface area contributed by atoms with Gasteiger partial charge in [-0.25, -0.2) is 9.99 Å². The average molecular weight is 246 g/mol. The molecule has 0 spiro atoms. The minimum Gasteiger partial charge on any atom is -0.334 e. The van der Waals surface area contributed by atoms with Crippen molar-refractivity contribution in [2.24, 2.45) is 7.05 Å². The van der Waals surface area contributed by atoms with Crippen molar-refractivity contribution >= 4 is 16.9 Å². The molecule has 0 fully saturated rings. The second-order valence-electron chi connectivity index (χ2n) is 4.70. The average Bonchev–Trinajstić information content (AvgIpc) is 2.69. The molecule has 5 nitrogen and oxygen atoms in total. The van der Waals surface area contributed by atoms with Crippen molar-refractivity contribution in [3.63, 3.8) is 0 Å². The van der Waals surface area contributed by atoms with Gasteiger partial charge in [-0.15, -0.1) is 0 Å². The van der Waals surface area contributed by atoms with Crippen LogP contribution in [0, 0.1) is 0 Å². The fourth-order valence-electron chi connectivity index (χ4n) is 1.89. The molecule has 0 saturated carbocycles. The summed E-state index contributed by atoms with van der Waals surface area (Å²) >= 11 is 0. The van der Waals surface area contributed by atoms with E-state index in [-0.39, 0.29) is 11.8 Å². The summed E-state index contributed by atoms with van der Waals surface area (Å²) in [5.74, 6) is -0.214. The van der Waals surface area contributed by atoms with E-state index < -0.39 is 0 Å². The molecule has 0 aliphatic carbocycles. The number of hydrogen-bond donors (Lipinski definition) is 1. The van der Waals surface area contributed by atoms with Crippen LogP contribution in [0.4, 0.5) is 0 Å². The van der Waals surface area contributed by atoms with E-state index in [4.69, 9.17) is 0 Å². The van der Waals surface area contributed by atoms with E-state index in [1.54, 1.807) is 25.4 Å². The van der Waals surface area contributed by atoms with Crippen molar-refractivity contribution in [2.45, 2.75) is 12.8 Å². The van der Waals surface area contributed by atoms with Gasteiger partial charge in [-0.2, -0.15) is 0 Å². The number of nitrogens with zero attached hydrogens (tertiary/aromatic N) is 3. The molecule has 1 aromatic heterocycles. The molecule has 2 aromatic rings. The van der Waals surface area contributed by atoms with Crippen molar-refractivity contribution in [1.82, 2.24) is 20.0 Å². The highest BCUT2D eigenvalue weighted by Crippen LogP contribution is 2.20. The summed E-state index contributed by atoms with van der Waals surface area (Å²) in [6.07, 6.45) is 1.78. The van der Waals surface area contributed by atoms with E-state index in [0.717, 1.165) is 16.6 Å². The molecule has 0 saturated heterocycles. The van der Waals surface area contributed by atoms with Crippen LogP contribution in [-0.4, -0.2) is 34.6 Å². The summed E-state index contributed by atoms with van der Waals surface area (Å²) < 4.78 is 1.96. The Kier molecular flexibility index (Phi) is 3.34. The third-order valence-corrected chi connectivity index (χ3v) is 2.98. The highest BCUT2D eigenvalue weighted by Gasteiger charge is 2.16. The number of fused-ring (bicyclic) bond motifs is 1. The van der Waals surface area contributed by atoms with E-state index in [9.17, 15) is 4.79 Å². The van der Waals surface area contributed by atoms with Crippen LogP contribution in [0.3, 0.4) is 0 Å². The molecule has 2 rings (SSSR count). The first-order chi connectivity index (χ1) is 8.49. The smallest absolute Gasteiger partial charge is 0.241 e. The van der Waals surface area contributed by atoms with Crippen molar-refractivity contribution < 1.29 is 4.79 Å². The summed E-state index contributed by atoms with van der Waals surface area (Å²) in [5, 5.41) is 1.65. The number of aryl methyl sites for hydroxylation is 1. The van der Waals surface area contributed by atoms with Gasteiger partial charge in [0, 0.05) is 21.1 Å². The minimum atomic E-state index is -0.196. The number of benzene rings is 1. The van der Waals surface area contributed by atoms with Gasteiger partial charge in [-0.3, -0.25) is 10.2 Å². The second kappa shape index (κ2) is 4.78. The number of carbonyl (C=O) groups is 1. The molecule has 18 heavy (non-hydrogen) atoms. The van der Waals surface area contributed by atoms with Crippen molar-refractivity contribution in [1.29, 1.82) is 0 Å². The summed E-state index contributed by atoms with van der Waals surface area (Å²) in [7, 11) is 5.55. The number of nitrogens with one attached hydrogen (secondary N) is 1. The van der Waals surface area contributed by atoms with Gasteiger partial charge < -0.3 is 4.57 Å². The molecule has 5 heteroatoms. The van der Waals surface area contributed by atoms with Gasteiger partial charge in [0.15, 0.2) is 0 Å². The molecule has 0 aliphatic heterocycles. The molecule has 1 aromatic carbocycles. The summed E-state index contributed by atoms with van der Waals surface area (Å²) in [5.41, 5.74) is 5.72. The molecule has 0 bridgehead atoms. The highest BCUT2D eigenvalue weighted by atomic mass is 16.2. The number of rotatable bonds is 3. The second-order valence-corrected chi connectivity index (χ2v) is 4.70. The molecular formula is C13H18N4O. The molecule has 96 valence electrons. The normalized spacial score (nSPS) is 12.9. The van der Waals surface area contributed by atoms with Gasteiger partial charge in [-0.05, 0) is 24.6 Å². The minimum absolute atomic E-state index is 0.0183. The largest absolute Gasteiger partial charge is 0.334 e. The van der Waals surface area contributed by atoms with Gasteiger partial charge in [0.2, 0.25) is 5.91 Å². The Labute approximate surface area is 106 Å². The number of aromatic nitrogens is 2. The lowest BCUT2D eigenvalue weighted by atomic mass is 10.00. The van der Waals surface area contributed by atoms with Gasteiger partial charge in [0.05, 0.1) is 23.3 Å². The molecule has 0 aliphatic rings. The van der Waals surface area contributed by atoms with E-state index >= 15 is 0 Å². The van der Waals surface area contributed by atoms with E-state index in [0.29, 0.717) is 0 Å². The maximum absolute atomic E-state index is 11.9. The first kappa shape index (κ1) is 12.6. The van der Waals surface area contributed by atoms with Crippen molar-refractivity contribution in [2.75, 3.05) is 14.1 Å². The monoisotopic (exact) mass is 246 g/mol. The fraction of sp³-hybridized carbons (Fsp3) is 0.385. The van der Waals surface area contributed by atoms with Crippen LogP contribution in [0.5, 0.6) is 0 Å². The van der Waals surface area contributed by atoms with Crippen LogP contribution < -0.4 is 5.43 Å². The summed E-state index contributed by atoms with van der Waals surface area (Å²) in [6, 6.07) is 5.94. The predicted molar refractivity (Wildman–Crippen MR) is 71.0 cm³/mol. The quantitative estimate of drug-likeness (QED) is 0.830. The number of imidazole rings is 1. The van der Waals surface area contributed by atoms with E-state index in [1.807, 2.05) is 36.7 Å². The SMILES string of the molecule is CC(C(=O)NN(C)C)c1ccc2c(c1)ncn2C. The van der Waals surface area contributed by atoms with Crippen LogP contribution in [0.15, 0.2) is 24.5 Å². The van der Waals surface area contributed by atoms with Crippen LogP contribution in [0.2, 0.25) is 0 Å². The molecule has 1 atom stereocenters. The standard InChI is InChI=1S/C13H18N4O/c1-9(13(18)15-16(2)3)10-5-6-12-11(7-10)14-8-17(12)4/h5-9H,1-4H3,(H,15,18). The number of hydrogen-bond acceptors (Lipinski definition) is 3. The molecule has 1 N–H and O–H groups in total. The maximum Gasteiger partial charge on any atom is 0.241 e. The van der Waals surface area contributed by atoms with Gasteiger partial charge in [-0.1, -0.05) is 6.07 Å². The first-order valence-electron chi connectivity index (χ1n) is 5.88. The Morgan fingerprint density at radius 1 is 1.44 bits per heavy atom. The molecule has 1 unspecified atom stereocenters. The number of hydrazine groups is 1. The molecule has 1 amide bonds. The third-order valence-electron chi connectivity index (χ3n) is 2.98. The predicted octanol–water partition coefficient (Wildman–Crippen LogP) is 1.27. The van der Waals surface area contributed by atoms with Gasteiger partial charge >= 0.3 is 0 Å². The zero-order valence-electron chi connectivity index (χ0n) is 11.1. The summed E-state index contributed by atoms with van der Waals surface area (Å²) in [6.45, 7) is 1.89. The highest BCUT2D eigenvalue weighted by molar-refractivity contribution is 5.85. The van der Waals surface area contributed by atoms with E-state index in [1.165, 1.54) is 0 Å².